The molecule has 0 saturated heterocycles. The van der Waals surface area contributed by atoms with Crippen molar-refractivity contribution in [3.8, 4) is 11.4 Å². The molecule has 0 radical (unpaired) electrons. The van der Waals surface area contributed by atoms with Crippen LogP contribution in [0.15, 0.2) is 53.7 Å². The largest absolute Gasteiger partial charge is 0.416 e. The normalized spacial score (nSPS) is 11.7. The van der Waals surface area contributed by atoms with Gasteiger partial charge < -0.3 is 4.57 Å². The summed E-state index contributed by atoms with van der Waals surface area (Å²) in [5.74, 6) is 1.08. The monoisotopic (exact) mass is 397 g/mol. The third kappa shape index (κ3) is 4.22. The van der Waals surface area contributed by atoms with Crippen LogP contribution in [0, 0.1) is 0 Å². The van der Waals surface area contributed by atoms with Crippen LogP contribution in [-0.2, 0) is 18.5 Å². The zero-order valence-corrected chi connectivity index (χ0v) is 15.4. The van der Waals surface area contributed by atoms with Crippen LogP contribution in [0.2, 0.25) is 5.02 Å². The highest BCUT2D eigenvalue weighted by molar-refractivity contribution is 7.98. The van der Waals surface area contributed by atoms with E-state index in [0.29, 0.717) is 33.9 Å². The molecule has 0 amide bonds. The predicted octanol–water partition coefficient (Wildman–Crippen LogP) is 5.93. The average Bonchev–Trinajstić information content (AvgIpc) is 3.03. The molecule has 0 saturated carbocycles. The van der Waals surface area contributed by atoms with E-state index in [1.54, 1.807) is 18.2 Å². The minimum absolute atomic E-state index is 0.378. The summed E-state index contributed by atoms with van der Waals surface area (Å²) in [6, 6.07) is 12.6. The van der Waals surface area contributed by atoms with Gasteiger partial charge in [-0.1, -0.05) is 41.6 Å². The molecule has 1 aromatic heterocycles. The summed E-state index contributed by atoms with van der Waals surface area (Å²) >= 11 is 7.27. The van der Waals surface area contributed by atoms with Gasteiger partial charge in [-0.05, 0) is 42.8 Å². The smallest absolute Gasteiger partial charge is 0.302 e. The van der Waals surface area contributed by atoms with Gasteiger partial charge in [0.25, 0.3) is 0 Å². The molecule has 2 aromatic carbocycles. The summed E-state index contributed by atoms with van der Waals surface area (Å²) in [6.45, 7) is 2.62. The van der Waals surface area contributed by atoms with Crippen LogP contribution >= 0.6 is 23.4 Å². The summed E-state index contributed by atoms with van der Waals surface area (Å²) < 4.78 is 40.4. The van der Waals surface area contributed by atoms with E-state index in [-0.39, 0.29) is 0 Å². The molecule has 0 unspecified atom stereocenters. The fourth-order valence-electron chi connectivity index (χ4n) is 2.48. The lowest BCUT2D eigenvalue weighted by molar-refractivity contribution is -0.137. The highest BCUT2D eigenvalue weighted by Crippen LogP contribution is 2.31. The van der Waals surface area contributed by atoms with Crippen molar-refractivity contribution < 1.29 is 13.2 Å². The SMILES string of the molecule is CCn1c(SCc2cccc(C(F)(F)F)c2)nnc1-c1ccc(Cl)cc1. The lowest BCUT2D eigenvalue weighted by atomic mass is 10.1. The van der Waals surface area contributed by atoms with Gasteiger partial charge >= 0.3 is 6.18 Å². The molecule has 0 atom stereocenters. The van der Waals surface area contributed by atoms with E-state index in [0.717, 1.165) is 11.6 Å². The topological polar surface area (TPSA) is 30.7 Å². The van der Waals surface area contributed by atoms with Gasteiger partial charge in [0.15, 0.2) is 11.0 Å². The molecule has 8 heteroatoms. The van der Waals surface area contributed by atoms with Crippen molar-refractivity contribution in [3.63, 3.8) is 0 Å². The van der Waals surface area contributed by atoms with E-state index >= 15 is 0 Å². The van der Waals surface area contributed by atoms with E-state index in [1.807, 2.05) is 23.6 Å². The van der Waals surface area contributed by atoms with Crippen molar-refractivity contribution >= 4 is 23.4 Å². The molecule has 3 rings (SSSR count). The Labute approximate surface area is 158 Å². The van der Waals surface area contributed by atoms with Crippen LogP contribution in [0.25, 0.3) is 11.4 Å². The Bertz CT molecular complexity index is 891. The number of rotatable bonds is 5. The minimum Gasteiger partial charge on any atom is -0.302 e. The number of hydrogen-bond acceptors (Lipinski definition) is 3. The Balaban J connectivity index is 1.80. The van der Waals surface area contributed by atoms with Gasteiger partial charge in [-0.15, -0.1) is 10.2 Å². The summed E-state index contributed by atoms with van der Waals surface area (Å²) in [6.07, 6.45) is -4.34. The number of halogens is 4. The lowest BCUT2D eigenvalue weighted by Crippen LogP contribution is -2.05. The molecule has 0 aliphatic carbocycles. The van der Waals surface area contributed by atoms with Gasteiger partial charge in [0.05, 0.1) is 5.56 Å². The standard InChI is InChI=1S/C18H15ClF3N3S/c1-2-25-16(13-6-8-15(19)9-7-13)23-24-17(25)26-11-12-4-3-5-14(10-12)18(20,21)22/h3-10H,2,11H2,1H3. The Morgan fingerprint density at radius 1 is 1.08 bits per heavy atom. The van der Waals surface area contributed by atoms with Gasteiger partial charge in [-0.25, -0.2) is 0 Å². The zero-order chi connectivity index (χ0) is 18.7. The number of nitrogens with zero attached hydrogens (tertiary/aromatic N) is 3. The first-order valence-corrected chi connectivity index (χ1v) is 9.23. The van der Waals surface area contributed by atoms with Gasteiger partial charge in [0.1, 0.15) is 0 Å². The molecular weight excluding hydrogens is 383 g/mol. The number of aromatic nitrogens is 3. The second kappa shape index (κ2) is 7.72. The Kier molecular flexibility index (Phi) is 5.58. The quantitative estimate of drug-likeness (QED) is 0.500. The molecule has 1 heterocycles. The fourth-order valence-corrected chi connectivity index (χ4v) is 3.55. The summed E-state index contributed by atoms with van der Waals surface area (Å²) in [7, 11) is 0. The number of benzene rings is 2. The molecule has 0 spiro atoms. The van der Waals surface area contributed by atoms with Gasteiger partial charge in [0.2, 0.25) is 0 Å². The van der Waals surface area contributed by atoms with Crippen molar-refractivity contribution in [1.29, 1.82) is 0 Å². The Morgan fingerprint density at radius 2 is 1.81 bits per heavy atom. The maximum Gasteiger partial charge on any atom is 0.416 e. The first kappa shape index (κ1) is 18.8. The molecule has 0 aliphatic rings. The van der Waals surface area contributed by atoms with Crippen LogP contribution in [-0.4, -0.2) is 14.8 Å². The van der Waals surface area contributed by atoms with E-state index in [9.17, 15) is 13.2 Å². The van der Waals surface area contributed by atoms with Gasteiger partial charge in [0, 0.05) is 22.9 Å². The minimum atomic E-state index is -4.34. The van der Waals surface area contributed by atoms with E-state index < -0.39 is 11.7 Å². The number of thioether (sulfide) groups is 1. The van der Waals surface area contributed by atoms with E-state index in [4.69, 9.17) is 11.6 Å². The van der Waals surface area contributed by atoms with Gasteiger partial charge in [-0.3, -0.25) is 0 Å². The highest BCUT2D eigenvalue weighted by atomic mass is 35.5. The molecule has 26 heavy (non-hydrogen) atoms. The maximum absolute atomic E-state index is 12.8. The van der Waals surface area contributed by atoms with Crippen LogP contribution in [0.5, 0.6) is 0 Å². The number of hydrogen-bond donors (Lipinski definition) is 0. The van der Waals surface area contributed by atoms with Crippen LogP contribution in [0.1, 0.15) is 18.1 Å². The van der Waals surface area contributed by atoms with Crippen molar-refractivity contribution in [2.45, 2.75) is 30.6 Å². The van der Waals surface area contributed by atoms with Crippen LogP contribution < -0.4 is 0 Å². The first-order valence-electron chi connectivity index (χ1n) is 7.86. The van der Waals surface area contributed by atoms with E-state index in [2.05, 4.69) is 10.2 Å². The van der Waals surface area contributed by atoms with Crippen molar-refractivity contribution in [2.24, 2.45) is 0 Å². The molecule has 0 bridgehead atoms. The molecule has 0 fully saturated rings. The molecule has 3 nitrogen and oxygen atoms in total. The lowest BCUT2D eigenvalue weighted by Gasteiger charge is -2.09. The predicted molar refractivity (Wildman–Crippen MR) is 97.1 cm³/mol. The molecule has 0 N–H and O–H groups in total. The van der Waals surface area contributed by atoms with Crippen molar-refractivity contribution in [3.05, 3.63) is 64.7 Å². The fraction of sp³-hybridized carbons (Fsp3) is 0.222. The summed E-state index contributed by atoms with van der Waals surface area (Å²) in [4.78, 5) is 0. The van der Waals surface area contributed by atoms with Crippen molar-refractivity contribution in [1.82, 2.24) is 14.8 Å². The van der Waals surface area contributed by atoms with E-state index in [1.165, 1.54) is 23.9 Å². The molecule has 0 aliphatic heterocycles. The second-order valence-corrected chi connectivity index (χ2v) is 6.92. The summed E-state index contributed by atoms with van der Waals surface area (Å²) in [5, 5.41) is 9.71. The summed E-state index contributed by atoms with van der Waals surface area (Å²) in [5.41, 5.74) is 0.826. The second-order valence-electron chi connectivity index (χ2n) is 5.54. The third-order valence-corrected chi connectivity index (χ3v) is 5.05. The maximum atomic E-state index is 12.8. The molecular formula is C18H15ClF3N3S. The Hall–Kier alpha value is -1.99. The van der Waals surface area contributed by atoms with Crippen molar-refractivity contribution in [2.75, 3.05) is 0 Å². The average molecular weight is 398 g/mol. The first-order chi connectivity index (χ1) is 12.4. The molecule has 3 aromatic rings. The van der Waals surface area contributed by atoms with Crippen LogP contribution in [0.4, 0.5) is 13.2 Å². The third-order valence-electron chi connectivity index (χ3n) is 3.76. The zero-order valence-electron chi connectivity index (χ0n) is 13.8. The molecule has 136 valence electrons. The van der Waals surface area contributed by atoms with Gasteiger partial charge in [-0.2, -0.15) is 13.2 Å². The number of alkyl halides is 3. The Morgan fingerprint density at radius 3 is 2.46 bits per heavy atom. The highest BCUT2D eigenvalue weighted by Gasteiger charge is 2.30. The van der Waals surface area contributed by atoms with Crippen LogP contribution in [0.3, 0.4) is 0 Å².